The number of urea groups is 1. The maximum atomic E-state index is 12.9. The number of allylic oxidation sites excluding steroid dienone is 3. The SMILES string of the molecule is C=C(/C=C\C(=C/CN1CCCSC1=NC(=O)NC(C#N)c1ccc(-c2ncn(-c3ccc(OC(F)(F)F)cc3)n2)cc1)OC)C(C)C. The molecule has 2 aromatic carbocycles. The number of benzene rings is 2. The Labute approximate surface area is 275 Å². The number of hydrogen-bond acceptors (Lipinski definition) is 7. The number of aliphatic imine (C=N–C) groups is 1. The molecule has 10 nitrogen and oxygen atoms in total. The summed E-state index contributed by atoms with van der Waals surface area (Å²) < 4.78 is 48.1. The summed E-state index contributed by atoms with van der Waals surface area (Å²) in [5.74, 6) is 1.83. The van der Waals surface area contributed by atoms with Gasteiger partial charge in [-0.1, -0.05) is 68.1 Å². The van der Waals surface area contributed by atoms with Crippen molar-refractivity contribution in [3.63, 3.8) is 0 Å². The first kappa shape index (κ1) is 34.8. The molecule has 0 saturated carbocycles. The minimum Gasteiger partial charge on any atom is -0.497 e. The highest BCUT2D eigenvalue weighted by molar-refractivity contribution is 8.13. The number of amidine groups is 1. The van der Waals surface area contributed by atoms with Crippen LogP contribution in [0.4, 0.5) is 18.0 Å². The van der Waals surface area contributed by atoms with Crippen LogP contribution in [0.15, 0.2) is 96.0 Å². The topological polar surface area (TPSA) is 118 Å². The third-order valence-corrected chi connectivity index (χ3v) is 8.05. The van der Waals surface area contributed by atoms with E-state index in [1.54, 1.807) is 31.4 Å². The Morgan fingerprint density at radius 3 is 2.55 bits per heavy atom. The van der Waals surface area contributed by atoms with Crippen molar-refractivity contribution < 1.29 is 27.4 Å². The van der Waals surface area contributed by atoms with Gasteiger partial charge < -0.3 is 19.7 Å². The van der Waals surface area contributed by atoms with E-state index >= 15 is 0 Å². The number of amides is 2. The molecule has 1 aromatic heterocycles. The molecule has 1 atom stereocenters. The molecule has 2 heterocycles. The molecule has 4 rings (SSSR count). The molecule has 1 N–H and O–H groups in total. The Morgan fingerprint density at radius 1 is 1.19 bits per heavy atom. The van der Waals surface area contributed by atoms with Crippen molar-refractivity contribution in [2.45, 2.75) is 32.7 Å². The predicted molar refractivity (Wildman–Crippen MR) is 175 cm³/mol. The zero-order valence-electron chi connectivity index (χ0n) is 26.1. The first-order valence-corrected chi connectivity index (χ1v) is 15.6. The van der Waals surface area contributed by atoms with E-state index in [1.807, 2.05) is 23.1 Å². The summed E-state index contributed by atoms with van der Waals surface area (Å²) in [7, 11) is 1.60. The molecule has 1 fully saturated rings. The largest absolute Gasteiger partial charge is 0.573 e. The van der Waals surface area contributed by atoms with Gasteiger partial charge in [0.15, 0.2) is 11.0 Å². The summed E-state index contributed by atoms with van der Waals surface area (Å²) in [6.07, 6.45) is 3.30. The van der Waals surface area contributed by atoms with Gasteiger partial charge in [0.25, 0.3) is 0 Å². The highest BCUT2D eigenvalue weighted by Crippen LogP contribution is 2.25. The zero-order valence-corrected chi connectivity index (χ0v) is 26.9. The molecule has 1 aliphatic rings. The second-order valence-electron chi connectivity index (χ2n) is 10.6. The smallest absolute Gasteiger partial charge is 0.497 e. The Morgan fingerprint density at radius 2 is 1.91 bits per heavy atom. The number of methoxy groups -OCH3 is 1. The molecule has 246 valence electrons. The summed E-state index contributed by atoms with van der Waals surface area (Å²) in [6.45, 7) is 9.39. The Hall–Kier alpha value is -5.03. The van der Waals surface area contributed by atoms with Gasteiger partial charge in [-0.05, 0) is 54.3 Å². The van der Waals surface area contributed by atoms with Crippen molar-refractivity contribution in [1.29, 1.82) is 5.26 Å². The van der Waals surface area contributed by atoms with Crippen LogP contribution >= 0.6 is 11.8 Å². The molecule has 1 saturated heterocycles. The normalized spacial score (nSPS) is 15.5. The molecular formula is C33H34F3N7O3S. The van der Waals surface area contributed by atoms with E-state index in [1.165, 1.54) is 47.0 Å². The quantitative estimate of drug-likeness (QED) is 0.169. The lowest BCUT2D eigenvalue weighted by Gasteiger charge is -2.28. The lowest BCUT2D eigenvalue weighted by molar-refractivity contribution is -0.274. The zero-order chi connectivity index (χ0) is 34.0. The number of ether oxygens (including phenoxy) is 2. The summed E-state index contributed by atoms with van der Waals surface area (Å²) >= 11 is 1.48. The minimum atomic E-state index is -4.78. The van der Waals surface area contributed by atoms with Crippen LogP contribution in [0.1, 0.15) is 31.9 Å². The van der Waals surface area contributed by atoms with Gasteiger partial charge in [0.2, 0.25) is 0 Å². The monoisotopic (exact) mass is 665 g/mol. The third-order valence-electron chi connectivity index (χ3n) is 6.95. The van der Waals surface area contributed by atoms with E-state index in [0.29, 0.717) is 46.0 Å². The van der Waals surface area contributed by atoms with Gasteiger partial charge >= 0.3 is 12.4 Å². The van der Waals surface area contributed by atoms with E-state index in [-0.39, 0.29) is 5.75 Å². The molecule has 0 bridgehead atoms. The van der Waals surface area contributed by atoms with E-state index < -0.39 is 18.4 Å². The number of thioether (sulfide) groups is 1. The number of carbonyl (C=O) groups is 1. The average molecular weight is 666 g/mol. The number of halogens is 3. The number of alkyl halides is 3. The van der Waals surface area contributed by atoms with Crippen LogP contribution in [0.5, 0.6) is 5.75 Å². The van der Waals surface area contributed by atoms with Crippen LogP contribution in [0.25, 0.3) is 17.1 Å². The maximum Gasteiger partial charge on any atom is 0.573 e. The van der Waals surface area contributed by atoms with Crippen LogP contribution in [0, 0.1) is 17.2 Å². The molecular weight excluding hydrogens is 631 g/mol. The first-order valence-electron chi connectivity index (χ1n) is 14.6. The van der Waals surface area contributed by atoms with Gasteiger partial charge in [-0.2, -0.15) is 10.3 Å². The number of nitriles is 1. The van der Waals surface area contributed by atoms with Crippen molar-refractivity contribution in [2.75, 3.05) is 26.0 Å². The number of nitrogens with zero attached hydrogens (tertiary/aromatic N) is 6. The molecule has 0 aliphatic carbocycles. The van der Waals surface area contributed by atoms with Crippen molar-refractivity contribution in [2.24, 2.45) is 10.9 Å². The summed E-state index contributed by atoms with van der Waals surface area (Å²) in [4.78, 5) is 23.4. The summed E-state index contributed by atoms with van der Waals surface area (Å²) in [6, 6.07) is 12.5. The molecule has 14 heteroatoms. The Balaban J connectivity index is 1.39. The Kier molecular flexibility index (Phi) is 11.9. The highest BCUT2D eigenvalue weighted by atomic mass is 32.2. The fourth-order valence-electron chi connectivity index (χ4n) is 4.26. The molecule has 47 heavy (non-hydrogen) atoms. The van der Waals surface area contributed by atoms with E-state index in [9.17, 15) is 23.2 Å². The van der Waals surface area contributed by atoms with Gasteiger partial charge in [-0.25, -0.2) is 14.5 Å². The number of aromatic nitrogens is 3. The second kappa shape index (κ2) is 16.0. The predicted octanol–water partition coefficient (Wildman–Crippen LogP) is 7.20. The van der Waals surface area contributed by atoms with Crippen molar-refractivity contribution in [3.05, 3.63) is 96.6 Å². The molecule has 3 aromatic rings. The van der Waals surface area contributed by atoms with Crippen LogP contribution in [-0.4, -0.2) is 63.2 Å². The van der Waals surface area contributed by atoms with Crippen LogP contribution in [0.3, 0.4) is 0 Å². The van der Waals surface area contributed by atoms with Crippen LogP contribution < -0.4 is 10.1 Å². The van der Waals surface area contributed by atoms with Gasteiger partial charge in [0.1, 0.15) is 23.9 Å². The fourth-order valence-corrected chi connectivity index (χ4v) is 5.21. The summed E-state index contributed by atoms with van der Waals surface area (Å²) in [5.41, 5.74) is 2.65. The maximum absolute atomic E-state index is 12.9. The van der Waals surface area contributed by atoms with Crippen LogP contribution in [-0.2, 0) is 4.74 Å². The molecule has 0 spiro atoms. The van der Waals surface area contributed by atoms with Gasteiger partial charge in [-0.3, -0.25) is 0 Å². The molecule has 2 amide bonds. The number of nitrogens with one attached hydrogen (secondary N) is 1. The van der Waals surface area contributed by atoms with Crippen molar-refractivity contribution >= 4 is 23.0 Å². The van der Waals surface area contributed by atoms with E-state index in [4.69, 9.17) is 4.74 Å². The van der Waals surface area contributed by atoms with Gasteiger partial charge in [0, 0.05) is 24.4 Å². The highest BCUT2D eigenvalue weighted by Gasteiger charge is 2.31. The van der Waals surface area contributed by atoms with Crippen LogP contribution in [0.2, 0.25) is 0 Å². The summed E-state index contributed by atoms with van der Waals surface area (Å²) in [5, 5.41) is 17.4. The van der Waals surface area contributed by atoms with E-state index in [0.717, 1.165) is 24.3 Å². The number of rotatable bonds is 11. The average Bonchev–Trinajstić information content (AvgIpc) is 3.54. The van der Waals surface area contributed by atoms with Crippen molar-refractivity contribution in [3.8, 4) is 28.9 Å². The number of carbonyl (C=O) groups excluding carboxylic acids is 1. The molecule has 1 aliphatic heterocycles. The van der Waals surface area contributed by atoms with Crippen molar-refractivity contribution in [1.82, 2.24) is 25.0 Å². The lowest BCUT2D eigenvalue weighted by Crippen LogP contribution is -2.36. The minimum absolute atomic E-state index is 0.324. The van der Waals surface area contributed by atoms with E-state index in [2.05, 4.69) is 51.6 Å². The second-order valence-corrected chi connectivity index (χ2v) is 11.7. The standard InChI is InChI=1S/C33H34F3N7O3S/c1-22(2)23(3)6-13-27(45-4)16-18-42-17-5-19-47-32(42)40-31(44)39-29(20-37)24-7-9-25(10-8-24)30-38-21-43(41-30)26-11-14-28(15-12-26)46-33(34,35)36/h6-16,21-22,29H,3,5,17-19H2,1-2,4H3,(H,39,44)/b13-6-,27-16+,40-32?. The molecule has 0 radical (unpaired) electrons. The molecule has 1 unspecified atom stereocenters. The third kappa shape index (κ3) is 10.2. The lowest BCUT2D eigenvalue weighted by atomic mass is 10.1. The number of hydrogen-bond donors (Lipinski definition) is 1. The van der Waals surface area contributed by atoms with Gasteiger partial charge in [0.05, 0.1) is 18.9 Å². The fraction of sp³-hybridized carbons (Fsp3) is 0.303. The first-order chi connectivity index (χ1) is 22.5. The Bertz CT molecular complexity index is 1670. The van der Waals surface area contributed by atoms with Gasteiger partial charge in [-0.15, -0.1) is 18.3 Å².